The molecule has 0 saturated heterocycles. The lowest BCUT2D eigenvalue weighted by molar-refractivity contribution is 1.13. The molecule has 11 heavy (non-hydrogen) atoms. The van der Waals surface area contributed by atoms with Crippen molar-refractivity contribution in [2.75, 3.05) is 0 Å². The largest absolute Gasteiger partial charge is 0.0582 e. The van der Waals surface area contributed by atoms with E-state index in [0.717, 1.165) is 0 Å². The van der Waals surface area contributed by atoms with Crippen LogP contribution in [0.3, 0.4) is 0 Å². The maximum Gasteiger partial charge on any atom is 0.0213 e. The van der Waals surface area contributed by atoms with Crippen LogP contribution in [0.2, 0.25) is 0 Å². The minimum absolute atomic E-state index is 1.18. The first-order chi connectivity index (χ1) is 5.11. The van der Waals surface area contributed by atoms with Gasteiger partial charge in [0.1, 0.15) is 0 Å². The summed E-state index contributed by atoms with van der Waals surface area (Å²) >= 11 is 3.51. The molecule has 0 heterocycles. The van der Waals surface area contributed by atoms with Crippen molar-refractivity contribution in [3.8, 4) is 0 Å². The van der Waals surface area contributed by atoms with E-state index in [4.69, 9.17) is 0 Å². The summed E-state index contributed by atoms with van der Waals surface area (Å²) in [4.78, 5) is 0. The summed E-state index contributed by atoms with van der Waals surface area (Å²) < 4.78 is 1.18. The topological polar surface area (TPSA) is 0 Å². The van der Waals surface area contributed by atoms with E-state index >= 15 is 0 Å². The fourth-order valence-corrected chi connectivity index (χ4v) is 1.67. The van der Waals surface area contributed by atoms with Crippen LogP contribution < -0.4 is 0 Å². The number of aryl methyl sites for hydroxylation is 1. The molecule has 1 aromatic carbocycles. The van der Waals surface area contributed by atoms with Crippen LogP contribution in [0.15, 0.2) is 22.7 Å². The highest BCUT2D eigenvalue weighted by Gasteiger charge is 2.03. The first-order valence-electron chi connectivity index (χ1n) is 3.68. The Morgan fingerprint density at radius 1 is 1.27 bits per heavy atom. The van der Waals surface area contributed by atoms with Crippen LogP contribution in [0, 0.1) is 12.8 Å². The Labute approximate surface area is 76.8 Å². The van der Waals surface area contributed by atoms with Crippen LogP contribution in [-0.2, 0) is 0 Å². The van der Waals surface area contributed by atoms with E-state index in [0.29, 0.717) is 0 Å². The number of benzene rings is 1. The van der Waals surface area contributed by atoms with Crippen molar-refractivity contribution in [1.82, 2.24) is 0 Å². The van der Waals surface area contributed by atoms with Crippen molar-refractivity contribution in [2.24, 2.45) is 0 Å². The third kappa shape index (κ3) is 2.06. The van der Waals surface area contributed by atoms with Gasteiger partial charge in [-0.1, -0.05) is 47.5 Å². The highest BCUT2D eigenvalue weighted by atomic mass is 79.9. The molecule has 1 heteroatoms. The number of hydrogen-bond acceptors (Lipinski definition) is 0. The van der Waals surface area contributed by atoms with E-state index in [-0.39, 0.29) is 0 Å². The molecule has 0 nitrogen and oxygen atoms in total. The average molecular weight is 212 g/mol. The molecule has 0 bridgehead atoms. The molecular weight excluding hydrogens is 200 g/mol. The molecule has 0 spiro atoms. The molecule has 0 saturated carbocycles. The van der Waals surface area contributed by atoms with Gasteiger partial charge in [0, 0.05) is 4.47 Å². The summed E-state index contributed by atoms with van der Waals surface area (Å²) in [5, 5.41) is 0. The zero-order valence-corrected chi connectivity index (χ0v) is 8.70. The van der Waals surface area contributed by atoms with Crippen molar-refractivity contribution in [3.63, 3.8) is 0 Å². The van der Waals surface area contributed by atoms with Crippen molar-refractivity contribution in [2.45, 2.75) is 20.8 Å². The fourth-order valence-electron chi connectivity index (χ4n) is 1.02. The SMILES string of the molecule is C[C](C)c1cc(C)ccc1Br. The second-order valence-electron chi connectivity index (χ2n) is 2.98. The fraction of sp³-hybridized carbons (Fsp3) is 0.300. The Kier molecular flexibility index (Phi) is 2.72. The Balaban J connectivity index is 3.13. The van der Waals surface area contributed by atoms with E-state index < -0.39 is 0 Å². The molecular formula is C10H12Br. The molecule has 0 aromatic heterocycles. The van der Waals surface area contributed by atoms with Crippen molar-refractivity contribution >= 4 is 15.9 Å². The lowest BCUT2D eigenvalue weighted by Gasteiger charge is -2.07. The average Bonchev–Trinajstić information content (AvgIpc) is 1.94. The van der Waals surface area contributed by atoms with Gasteiger partial charge in [0.05, 0.1) is 0 Å². The van der Waals surface area contributed by atoms with Crippen LogP contribution in [-0.4, -0.2) is 0 Å². The monoisotopic (exact) mass is 211 g/mol. The summed E-state index contributed by atoms with van der Waals surface area (Å²) in [6, 6.07) is 6.40. The second kappa shape index (κ2) is 3.40. The molecule has 1 aromatic rings. The molecule has 1 radical (unpaired) electrons. The summed E-state index contributed by atoms with van der Waals surface area (Å²) in [6.07, 6.45) is 0. The second-order valence-corrected chi connectivity index (χ2v) is 3.84. The maximum atomic E-state index is 3.51. The number of rotatable bonds is 1. The van der Waals surface area contributed by atoms with Gasteiger partial charge < -0.3 is 0 Å². The Morgan fingerprint density at radius 3 is 2.36 bits per heavy atom. The molecule has 59 valence electrons. The van der Waals surface area contributed by atoms with Gasteiger partial charge in [0.15, 0.2) is 0 Å². The first-order valence-corrected chi connectivity index (χ1v) is 4.47. The Morgan fingerprint density at radius 2 is 1.91 bits per heavy atom. The highest BCUT2D eigenvalue weighted by molar-refractivity contribution is 9.10. The summed E-state index contributed by atoms with van der Waals surface area (Å²) in [5.41, 5.74) is 2.62. The van der Waals surface area contributed by atoms with Gasteiger partial charge in [0.2, 0.25) is 0 Å². The highest BCUT2D eigenvalue weighted by Crippen LogP contribution is 2.24. The van der Waals surface area contributed by atoms with Crippen molar-refractivity contribution < 1.29 is 0 Å². The minimum Gasteiger partial charge on any atom is -0.0582 e. The summed E-state index contributed by atoms with van der Waals surface area (Å²) in [7, 11) is 0. The van der Waals surface area contributed by atoms with Gasteiger partial charge in [-0.3, -0.25) is 0 Å². The Hall–Kier alpha value is -0.300. The van der Waals surface area contributed by atoms with Gasteiger partial charge in [-0.15, -0.1) is 0 Å². The molecule has 0 N–H and O–H groups in total. The molecule has 0 unspecified atom stereocenters. The zero-order chi connectivity index (χ0) is 8.43. The van der Waals surface area contributed by atoms with E-state index in [2.05, 4.69) is 54.9 Å². The minimum atomic E-state index is 1.18. The molecule has 0 fully saturated rings. The van der Waals surface area contributed by atoms with E-state index in [1.807, 2.05) is 0 Å². The zero-order valence-electron chi connectivity index (χ0n) is 7.11. The Bertz CT molecular complexity index is 251. The van der Waals surface area contributed by atoms with Gasteiger partial charge in [-0.2, -0.15) is 0 Å². The van der Waals surface area contributed by atoms with Gasteiger partial charge >= 0.3 is 0 Å². The maximum absolute atomic E-state index is 3.51. The summed E-state index contributed by atoms with van der Waals surface area (Å²) in [5.74, 6) is 1.35. The third-order valence-corrected chi connectivity index (χ3v) is 2.35. The van der Waals surface area contributed by atoms with Gasteiger partial charge in [-0.25, -0.2) is 0 Å². The third-order valence-electron chi connectivity index (χ3n) is 1.66. The molecule has 0 atom stereocenters. The predicted molar refractivity (Wildman–Crippen MR) is 52.6 cm³/mol. The van der Waals surface area contributed by atoms with Crippen LogP contribution in [0.5, 0.6) is 0 Å². The quantitative estimate of drug-likeness (QED) is 0.665. The predicted octanol–water partition coefficient (Wildman–Crippen LogP) is 3.72. The van der Waals surface area contributed by atoms with Crippen molar-refractivity contribution in [1.29, 1.82) is 0 Å². The summed E-state index contributed by atoms with van der Waals surface area (Å²) in [6.45, 7) is 6.36. The smallest absolute Gasteiger partial charge is 0.0213 e. The van der Waals surface area contributed by atoms with Gasteiger partial charge in [-0.05, 0) is 24.5 Å². The van der Waals surface area contributed by atoms with E-state index in [9.17, 15) is 0 Å². The van der Waals surface area contributed by atoms with Crippen LogP contribution >= 0.6 is 15.9 Å². The lowest BCUT2D eigenvalue weighted by Crippen LogP contribution is -1.90. The molecule has 0 aliphatic carbocycles. The van der Waals surface area contributed by atoms with E-state index in [1.165, 1.54) is 21.5 Å². The van der Waals surface area contributed by atoms with Gasteiger partial charge in [0.25, 0.3) is 0 Å². The first kappa shape index (κ1) is 8.79. The normalized spacial score (nSPS) is 10.6. The van der Waals surface area contributed by atoms with Crippen LogP contribution in [0.1, 0.15) is 25.0 Å². The van der Waals surface area contributed by atoms with Crippen LogP contribution in [0.25, 0.3) is 0 Å². The molecule has 0 aliphatic rings. The molecule has 0 amide bonds. The van der Waals surface area contributed by atoms with Crippen molar-refractivity contribution in [3.05, 3.63) is 39.7 Å². The van der Waals surface area contributed by atoms with E-state index in [1.54, 1.807) is 0 Å². The number of halogens is 1. The van der Waals surface area contributed by atoms with Crippen LogP contribution in [0.4, 0.5) is 0 Å². The molecule has 1 rings (SSSR count). The number of hydrogen-bond donors (Lipinski definition) is 0. The standard InChI is InChI=1S/C10H12Br/c1-7(2)9-6-8(3)4-5-10(9)11/h4-6H,1-3H3. The lowest BCUT2D eigenvalue weighted by atomic mass is 10.0. The molecule has 0 aliphatic heterocycles.